The van der Waals surface area contributed by atoms with E-state index < -0.39 is 0 Å². The van der Waals surface area contributed by atoms with E-state index in [4.69, 9.17) is 9.47 Å². The van der Waals surface area contributed by atoms with Crippen molar-refractivity contribution in [2.24, 2.45) is 0 Å². The number of para-hydroxylation sites is 1. The summed E-state index contributed by atoms with van der Waals surface area (Å²) in [6.45, 7) is 2.61. The fraction of sp³-hybridized carbons (Fsp3) is 0.250. The molecule has 0 aliphatic rings. The molecular weight excluding hydrogens is 362 g/mol. The third-order valence-corrected chi connectivity index (χ3v) is 5.15. The average molecular weight is 387 g/mol. The first-order valence-electron chi connectivity index (χ1n) is 9.87. The van der Waals surface area contributed by atoms with Gasteiger partial charge >= 0.3 is 0 Å². The normalized spacial score (nSPS) is 14.6. The van der Waals surface area contributed by atoms with E-state index in [0.29, 0.717) is 6.61 Å². The molecule has 0 saturated heterocycles. The van der Waals surface area contributed by atoms with Crippen LogP contribution in [-0.2, 0) is 9.47 Å². The number of aromatic nitrogens is 3. The van der Waals surface area contributed by atoms with Gasteiger partial charge in [0.25, 0.3) is 0 Å². The maximum absolute atomic E-state index is 6.30. The van der Waals surface area contributed by atoms with Crippen LogP contribution in [0.1, 0.15) is 36.3 Å². The highest BCUT2D eigenvalue weighted by atomic mass is 16.5. The lowest BCUT2D eigenvalue weighted by atomic mass is 9.87. The Kier molecular flexibility index (Phi) is 5.98. The first-order chi connectivity index (χ1) is 14.3. The molecule has 5 heteroatoms. The smallest absolute Gasteiger partial charge is 0.161 e. The Morgan fingerprint density at radius 1 is 0.828 bits per heavy atom. The third kappa shape index (κ3) is 3.92. The van der Waals surface area contributed by atoms with E-state index in [0.717, 1.165) is 22.2 Å². The molecule has 148 valence electrons. The number of fused-ring (bicyclic) bond motifs is 1. The summed E-state index contributed by atoms with van der Waals surface area (Å²) >= 11 is 0. The molecule has 0 amide bonds. The molecule has 3 aromatic carbocycles. The first-order valence-corrected chi connectivity index (χ1v) is 9.87. The summed E-state index contributed by atoms with van der Waals surface area (Å²) in [5.41, 5.74) is 4.01. The molecule has 0 fully saturated rings. The van der Waals surface area contributed by atoms with Gasteiger partial charge in [0.05, 0.1) is 17.5 Å². The molecular formula is C24H25N3O2. The van der Waals surface area contributed by atoms with Gasteiger partial charge in [-0.15, -0.1) is 5.10 Å². The van der Waals surface area contributed by atoms with Crippen molar-refractivity contribution >= 4 is 11.0 Å². The van der Waals surface area contributed by atoms with E-state index in [1.54, 1.807) is 7.11 Å². The van der Waals surface area contributed by atoms with Crippen molar-refractivity contribution in [1.82, 2.24) is 15.0 Å². The van der Waals surface area contributed by atoms with Crippen LogP contribution in [0, 0.1) is 0 Å². The van der Waals surface area contributed by atoms with Gasteiger partial charge in [-0.05, 0) is 30.2 Å². The minimum absolute atomic E-state index is 0.117. The van der Waals surface area contributed by atoms with Crippen molar-refractivity contribution in [3.8, 4) is 0 Å². The summed E-state index contributed by atoms with van der Waals surface area (Å²) < 4.78 is 14.2. The SMILES string of the molecule is CCO[C@@H](c1ccccc1)[C@H](c1ccccc1)[C@H](OC)n1nnc2ccccc21. The summed E-state index contributed by atoms with van der Waals surface area (Å²) in [6.07, 6.45) is -0.585. The number of hydrogen-bond acceptors (Lipinski definition) is 4. The van der Waals surface area contributed by atoms with Gasteiger partial charge in [0.15, 0.2) is 6.23 Å². The summed E-state index contributed by atoms with van der Waals surface area (Å²) in [6, 6.07) is 28.6. The molecule has 4 aromatic rings. The van der Waals surface area contributed by atoms with Crippen LogP contribution >= 0.6 is 0 Å². The maximum Gasteiger partial charge on any atom is 0.161 e. The zero-order valence-corrected chi connectivity index (χ0v) is 16.7. The van der Waals surface area contributed by atoms with Crippen molar-refractivity contribution in [2.75, 3.05) is 13.7 Å². The van der Waals surface area contributed by atoms with Gasteiger partial charge in [0.2, 0.25) is 0 Å². The molecule has 0 aliphatic heterocycles. The van der Waals surface area contributed by atoms with Gasteiger partial charge < -0.3 is 9.47 Å². The van der Waals surface area contributed by atoms with E-state index in [1.807, 2.05) is 72.3 Å². The standard InChI is InChI=1S/C24H25N3O2/c1-3-29-23(19-14-8-5-9-15-19)22(18-12-6-4-7-13-18)24(28-2)27-21-17-11-10-16-20(21)25-26-27/h4-17,22-24H,3H2,1-2H3/t22-,23-,24-/m0/s1. The summed E-state index contributed by atoms with van der Waals surface area (Å²) in [4.78, 5) is 0. The average Bonchev–Trinajstić information content (AvgIpc) is 3.21. The Bertz CT molecular complexity index is 1030. The molecule has 0 unspecified atom stereocenters. The van der Waals surface area contributed by atoms with E-state index in [-0.39, 0.29) is 18.2 Å². The Balaban J connectivity index is 1.87. The van der Waals surface area contributed by atoms with Crippen LogP contribution in [0.3, 0.4) is 0 Å². The van der Waals surface area contributed by atoms with Crippen molar-refractivity contribution in [2.45, 2.75) is 25.2 Å². The molecule has 4 rings (SSSR count). The topological polar surface area (TPSA) is 49.2 Å². The van der Waals surface area contributed by atoms with E-state index in [1.165, 1.54) is 0 Å². The Morgan fingerprint density at radius 2 is 1.45 bits per heavy atom. The fourth-order valence-corrected chi connectivity index (χ4v) is 3.87. The van der Waals surface area contributed by atoms with Crippen molar-refractivity contribution in [3.63, 3.8) is 0 Å². The van der Waals surface area contributed by atoms with Crippen LogP contribution in [0.5, 0.6) is 0 Å². The van der Waals surface area contributed by atoms with Crippen LogP contribution in [0.4, 0.5) is 0 Å². The minimum Gasteiger partial charge on any atom is -0.373 e. The number of ether oxygens (including phenoxy) is 2. The van der Waals surface area contributed by atoms with Gasteiger partial charge in [-0.25, -0.2) is 4.68 Å². The Hall–Kier alpha value is -3.02. The van der Waals surface area contributed by atoms with E-state index in [9.17, 15) is 0 Å². The highest BCUT2D eigenvalue weighted by Crippen LogP contribution is 2.42. The molecule has 0 radical (unpaired) electrons. The van der Waals surface area contributed by atoms with Gasteiger partial charge in [-0.3, -0.25) is 0 Å². The van der Waals surface area contributed by atoms with Crippen LogP contribution < -0.4 is 0 Å². The van der Waals surface area contributed by atoms with E-state index >= 15 is 0 Å². The largest absolute Gasteiger partial charge is 0.373 e. The zero-order valence-electron chi connectivity index (χ0n) is 16.7. The highest BCUT2D eigenvalue weighted by molar-refractivity contribution is 5.74. The van der Waals surface area contributed by atoms with Crippen molar-refractivity contribution in [1.29, 1.82) is 0 Å². The molecule has 0 aliphatic carbocycles. The molecule has 0 spiro atoms. The van der Waals surface area contributed by atoms with Crippen LogP contribution in [-0.4, -0.2) is 28.7 Å². The van der Waals surface area contributed by atoms with Crippen LogP contribution in [0.2, 0.25) is 0 Å². The summed E-state index contributed by atoms with van der Waals surface area (Å²) in [5, 5.41) is 8.77. The summed E-state index contributed by atoms with van der Waals surface area (Å²) in [7, 11) is 1.71. The summed E-state index contributed by atoms with van der Waals surface area (Å²) in [5.74, 6) is -0.117. The molecule has 0 bridgehead atoms. The lowest BCUT2D eigenvalue weighted by molar-refractivity contribution is -0.0543. The predicted octanol–water partition coefficient (Wildman–Crippen LogP) is 5.14. The van der Waals surface area contributed by atoms with E-state index in [2.05, 4.69) is 34.6 Å². The second-order valence-electron chi connectivity index (χ2n) is 6.87. The van der Waals surface area contributed by atoms with Gasteiger partial charge in [0.1, 0.15) is 5.52 Å². The molecule has 5 nitrogen and oxygen atoms in total. The Labute approximate surface area is 170 Å². The molecule has 1 aromatic heterocycles. The molecule has 1 heterocycles. The number of nitrogens with zero attached hydrogens (tertiary/aromatic N) is 3. The second-order valence-corrected chi connectivity index (χ2v) is 6.87. The lowest BCUT2D eigenvalue weighted by Crippen LogP contribution is -2.27. The lowest BCUT2D eigenvalue weighted by Gasteiger charge is -2.33. The first kappa shape index (κ1) is 19.3. The number of hydrogen-bond donors (Lipinski definition) is 0. The van der Waals surface area contributed by atoms with Gasteiger partial charge in [0, 0.05) is 13.7 Å². The predicted molar refractivity (Wildman–Crippen MR) is 114 cm³/mol. The minimum atomic E-state index is -0.387. The molecule has 3 atom stereocenters. The molecule has 0 saturated carbocycles. The van der Waals surface area contributed by atoms with Crippen LogP contribution in [0.15, 0.2) is 84.9 Å². The third-order valence-electron chi connectivity index (χ3n) is 5.15. The van der Waals surface area contributed by atoms with Crippen molar-refractivity contribution in [3.05, 3.63) is 96.1 Å². The van der Waals surface area contributed by atoms with Crippen LogP contribution in [0.25, 0.3) is 11.0 Å². The number of benzene rings is 3. The fourth-order valence-electron chi connectivity index (χ4n) is 3.87. The van der Waals surface area contributed by atoms with Crippen molar-refractivity contribution < 1.29 is 9.47 Å². The number of methoxy groups -OCH3 is 1. The molecule has 0 N–H and O–H groups in total. The van der Waals surface area contributed by atoms with Gasteiger partial charge in [-0.2, -0.15) is 0 Å². The number of rotatable bonds is 8. The second kappa shape index (κ2) is 8.99. The zero-order chi connectivity index (χ0) is 20.1. The highest BCUT2D eigenvalue weighted by Gasteiger charge is 2.35. The maximum atomic E-state index is 6.30. The Morgan fingerprint density at radius 3 is 2.10 bits per heavy atom. The molecule has 29 heavy (non-hydrogen) atoms. The monoisotopic (exact) mass is 387 g/mol. The van der Waals surface area contributed by atoms with Gasteiger partial charge in [-0.1, -0.05) is 78.0 Å². The quantitative estimate of drug-likeness (QED) is 0.420.